The Labute approximate surface area is 191 Å². The maximum absolute atomic E-state index is 13.2. The Kier molecular flexibility index (Phi) is 7.00. The number of rotatable bonds is 4. The Morgan fingerprint density at radius 3 is 2.27 bits per heavy atom. The van der Waals surface area contributed by atoms with E-state index in [9.17, 15) is 27.9 Å². The quantitative estimate of drug-likeness (QED) is 0.729. The fourth-order valence-corrected chi connectivity index (χ4v) is 5.34. The van der Waals surface area contributed by atoms with E-state index in [0.717, 1.165) is 30.5 Å². The lowest BCUT2D eigenvalue weighted by Crippen LogP contribution is -2.52. The minimum absolute atomic E-state index is 0.132. The number of carbonyl (C=O) groups excluding carboxylic acids is 2. The van der Waals surface area contributed by atoms with Gasteiger partial charge in [-0.2, -0.15) is 13.2 Å². The normalized spacial score (nSPS) is 25.8. The molecule has 4 rings (SSSR count). The van der Waals surface area contributed by atoms with Crippen LogP contribution in [0.15, 0.2) is 24.3 Å². The van der Waals surface area contributed by atoms with E-state index in [1.807, 2.05) is 0 Å². The zero-order valence-electron chi connectivity index (χ0n) is 18.6. The summed E-state index contributed by atoms with van der Waals surface area (Å²) in [5, 5.41) is 10.7. The lowest BCUT2D eigenvalue weighted by atomic mass is 9.80. The first-order valence-electron chi connectivity index (χ1n) is 11.7. The number of likely N-dealkylation sites (tertiary alicyclic amines) is 1. The van der Waals surface area contributed by atoms with E-state index in [1.54, 1.807) is 9.80 Å². The zero-order chi connectivity index (χ0) is 23.6. The molecule has 2 saturated heterocycles. The van der Waals surface area contributed by atoms with Crippen molar-refractivity contribution < 1.29 is 32.6 Å². The van der Waals surface area contributed by atoms with Crippen molar-refractivity contribution >= 4 is 11.8 Å². The molecule has 1 aromatic carbocycles. The predicted molar refractivity (Wildman–Crippen MR) is 115 cm³/mol. The van der Waals surface area contributed by atoms with Gasteiger partial charge in [0.25, 0.3) is 0 Å². The standard InChI is InChI=1S/C24H31F3N2O4/c25-24(26,27)20-5-3-18(4-6-20)19-13-17(14-21(30)23(32)7-1-2-8-23)15-29(16-19)22(31)28-9-11-33-12-10-28/h3-6,17,19,32H,1-2,7-16H2. The van der Waals surface area contributed by atoms with Gasteiger partial charge in [-0.15, -0.1) is 0 Å². The first kappa shape index (κ1) is 24.0. The lowest BCUT2D eigenvalue weighted by Gasteiger charge is -2.41. The number of ketones is 1. The third-order valence-electron chi connectivity index (χ3n) is 7.22. The van der Waals surface area contributed by atoms with Gasteiger partial charge in [0.15, 0.2) is 5.78 Å². The number of urea groups is 1. The predicted octanol–water partition coefficient (Wildman–Crippen LogP) is 3.83. The minimum Gasteiger partial charge on any atom is -0.382 e. The van der Waals surface area contributed by atoms with Gasteiger partial charge >= 0.3 is 12.2 Å². The summed E-state index contributed by atoms with van der Waals surface area (Å²) in [7, 11) is 0. The minimum atomic E-state index is -4.41. The number of morpholine rings is 1. The van der Waals surface area contributed by atoms with Gasteiger partial charge in [0.1, 0.15) is 5.60 Å². The van der Waals surface area contributed by atoms with Crippen molar-refractivity contribution in [3.05, 3.63) is 35.4 Å². The number of piperidine rings is 1. The van der Waals surface area contributed by atoms with Gasteiger partial charge in [0, 0.05) is 38.5 Å². The second-order valence-corrected chi connectivity index (χ2v) is 9.57. The molecule has 2 atom stereocenters. The van der Waals surface area contributed by atoms with E-state index < -0.39 is 17.3 Å². The number of amides is 2. The van der Waals surface area contributed by atoms with Crippen LogP contribution in [0.1, 0.15) is 55.6 Å². The molecule has 3 aliphatic rings. The molecule has 6 nitrogen and oxygen atoms in total. The van der Waals surface area contributed by atoms with Gasteiger partial charge in [-0.1, -0.05) is 12.1 Å². The van der Waals surface area contributed by atoms with E-state index in [2.05, 4.69) is 0 Å². The van der Waals surface area contributed by atoms with E-state index in [0.29, 0.717) is 58.7 Å². The number of halogens is 3. The molecule has 0 radical (unpaired) electrons. The van der Waals surface area contributed by atoms with Crippen LogP contribution in [0, 0.1) is 5.92 Å². The fourth-order valence-electron chi connectivity index (χ4n) is 5.34. The number of ether oxygens (including phenoxy) is 1. The molecule has 1 N–H and O–H groups in total. The highest BCUT2D eigenvalue weighted by molar-refractivity contribution is 5.87. The number of benzene rings is 1. The van der Waals surface area contributed by atoms with Crippen molar-refractivity contribution in [2.45, 2.75) is 56.2 Å². The lowest BCUT2D eigenvalue weighted by molar-refractivity contribution is -0.138. The Morgan fingerprint density at radius 1 is 1.03 bits per heavy atom. The molecule has 1 saturated carbocycles. The smallest absolute Gasteiger partial charge is 0.382 e. The molecule has 9 heteroatoms. The summed E-state index contributed by atoms with van der Waals surface area (Å²) in [6, 6.07) is 4.95. The highest BCUT2D eigenvalue weighted by Crippen LogP contribution is 2.38. The van der Waals surface area contributed by atoms with Crippen molar-refractivity contribution in [2.24, 2.45) is 5.92 Å². The molecule has 0 spiro atoms. The zero-order valence-corrected chi connectivity index (χ0v) is 18.6. The number of nitrogens with zero attached hydrogens (tertiary/aromatic N) is 2. The summed E-state index contributed by atoms with van der Waals surface area (Å²) in [5.74, 6) is -0.521. The Hall–Kier alpha value is -2.13. The number of hydrogen-bond donors (Lipinski definition) is 1. The van der Waals surface area contributed by atoms with Crippen LogP contribution >= 0.6 is 0 Å². The molecule has 2 unspecified atom stereocenters. The van der Waals surface area contributed by atoms with Crippen LogP contribution in [0.3, 0.4) is 0 Å². The second-order valence-electron chi connectivity index (χ2n) is 9.57. The van der Waals surface area contributed by atoms with Crippen molar-refractivity contribution in [2.75, 3.05) is 39.4 Å². The summed E-state index contributed by atoms with van der Waals surface area (Å²) in [5.41, 5.74) is -1.27. The monoisotopic (exact) mass is 468 g/mol. The Morgan fingerprint density at radius 2 is 1.67 bits per heavy atom. The maximum Gasteiger partial charge on any atom is 0.416 e. The summed E-state index contributed by atoms with van der Waals surface area (Å²) < 4.78 is 44.3. The van der Waals surface area contributed by atoms with Crippen molar-refractivity contribution in [1.82, 2.24) is 9.80 Å². The van der Waals surface area contributed by atoms with Crippen LogP contribution in [0.4, 0.5) is 18.0 Å². The van der Waals surface area contributed by atoms with Gasteiger partial charge < -0.3 is 19.6 Å². The van der Waals surface area contributed by atoms with Crippen LogP contribution in [0.25, 0.3) is 0 Å². The highest BCUT2D eigenvalue weighted by atomic mass is 19.4. The summed E-state index contributed by atoms with van der Waals surface area (Å²) in [6.45, 7) is 2.70. The average Bonchev–Trinajstić information content (AvgIpc) is 3.26. The highest BCUT2D eigenvalue weighted by Gasteiger charge is 2.41. The van der Waals surface area contributed by atoms with E-state index >= 15 is 0 Å². The van der Waals surface area contributed by atoms with Crippen LogP contribution in [0.2, 0.25) is 0 Å². The molecule has 33 heavy (non-hydrogen) atoms. The second kappa shape index (κ2) is 9.62. The van der Waals surface area contributed by atoms with Crippen LogP contribution in [0.5, 0.6) is 0 Å². The topological polar surface area (TPSA) is 70.1 Å². The molecule has 3 fully saturated rings. The number of hydrogen-bond acceptors (Lipinski definition) is 4. The van der Waals surface area contributed by atoms with Crippen LogP contribution in [-0.2, 0) is 15.7 Å². The first-order chi connectivity index (χ1) is 15.7. The van der Waals surface area contributed by atoms with E-state index in [4.69, 9.17) is 4.74 Å². The SMILES string of the molecule is O=C(N1CCOCC1)N1CC(CC(=O)C2(O)CCCC2)CC(c2ccc(C(F)(F)F)cc2)C1. The Balaban J connectivity index is 1.52. The molecule has 2 heterocycles. The van der Waals surface area contributed by atoms with Gasteiger partial charge in [-0.05, 0) is 55.7 Å². The molecule has 0 aromatic heterocycles. The average molecular weight is 469 g/mol. The van der Waals surface area contributed by atoms with Gasteiger partial charge in [0.05, 0.1) is 18.8 Å². The van der Waals surface area contributed by atoms with Crippen LogP contribution < -0.4 is 0 Å². The van der Waals surface area contributed by atoms with Crippen molar-refractivity contribution in [3.8, 4) is 0 Å². The molecular weight excluding hydrogens is 437 g/mol. The van der Waals surface area contributed by atoms with Crippen LogP contribution in [-0.4, -0.2) is 71.7 Å². The first-order valence-corrected chi connectivity index (χ1v) is 11.7. The molecule has 2 amide bonds. The third-order valence-corrected chi connectivity index (χ3v) is 7.22. The van der Waals surface area contributed by atoms with Crippen molar-refractivity contribution in [1.29, 1.82) is 0 Å². The molecule has 1 aliphatic carbocycles. The third kappa shape index (κ3) is 5.51. The van der Waals surface area contributed by atoms with Crippen molar-refractivity contribution in [3.63, 3.8) is 0 Å². The van der Waals surface area contributed by atoms with E-state index in [-0.39, 0.29) is 30.1 Å². The van der Waals surface area contributed by atoms with E-state index in [1.165, 1.54) is 12.1 Å². The van der Waals surface area contributed by atoms with Gasteiger partial charge in [0.2, 0.25) is 0 Å². The number of carbonyl (C=O) groups is 2. The molecule has 182 valence electrons. The molecular formula is C24H31F3N2O4. The Bertz CT molecular complexity index is 846. The number of Topliss-reactive ketones (excluding diaryl/α,β-unsaturated/α-hetero) is 1. The largest absolute Gasteiger partial charge is 0.416 e. The number of alkyl halides is 3. The van der Waals surface area contributed by atoms with Gasteiger partial charge in [-0.3, -0.25) is 4.79 Å². The molecule has 0 bridgehead atoms. The fraction of sp³-hybridized carbons (Fsp3) is 0.667. The summed E-state index contributed by atoms with van der Waals surface area (Å²) in [4.78, 5) is 29.5. The molecule has 1 aromatic rings. The maximum atomic E-state index is 13.2. The number of aliphatic hydroxyl groups is 1. The summed E-state index contributed by atoms with van der Waals surface area (Å²) in [6.07, 6.45) is -1.07. The van der Waals surface area contributed by atoms with Gasteiger partial charge in [-0.25, -0.2) is 4.79 Å². The molecule has 2 aliphatic heterocycles. The summed E-state index contributed by atoms with van der Waals surface area (Å²) >= 11 is 0.